The van der Waals surface area contributed by atoms with E-state index in [-0.39, 0.29) is 5.75 Å². The van der Waals surface area contributed by atoms with Crippen LogP contribution in [0.4, 0.5) is 0 Å². The predicted octanol–water partition coefficient (Wildman–Crippen LogP) is 1.05. The number of imide groups is 1. The summed E-state index contributed by atoms with van der Waals surface area (Å²) in [7, 11) is 1.74. The Morgan fingerprint density at radius 2 is 2.12 bits per heavy atom. The maximum Gasteiger partial charge on any atom is 0.277 e. The summed E-state index contributed by atoms with van der Waals surface area (Å²) in [6.45, 7) is 2.74. The number of aromatic nitrogens is 3. The van der Waals surface area contributed by atoms with Crippen molar-refractivity contribution in [1.82, 2.24) is 25.0 Å². The molecule has 2 amide bonds. The van der Waals surface area contributed by atoms with Crippen LogP contribution in [0.1, 0.15) is 29.2 Å². The van der Waals surface area contributed by atoms with Gasteiger partial charge in [-0.3, -0.25) is 19.8 Å². The van der Waals surface area contributed by atoms with Gasteiger partial charge in [-0.25, -0.2) is 0 Å². The molecule has 0 radical (unpaired) electrons. The van der Waals surface area contributed by atoms with E-state index in [4.69, 9.17) is 4.42 Å². The van der Waals surface area contributed by atoms with E-state index in [1.165, 1.54) is 12.8 Å². The first-order chi connectivity index (χ1) is 11.6. The second-order valence-electron chi connectivity index (χ2n) is 5.62. The summed E-state index contributed by atoms with van der Waals surface area (Å²) in [6.07, 6.45) is 4.14. The topological polar surface area (TPSA) is 93.3 Å². The minimum Gasteiger partial charge on any atom is -0.415 e. The minimum absolute atomic E-state index is 0.0432. The SMILES string of the molecule is Cn1cccc1C(=O)NC(=O)CSc1nnc(CN2CCCC2)o1. The van der Waals surface area contributed by atoms with Crippen LogP contribution in [-0.4, -0.2) is 50.3 Å². The lowest BCUT2D eigenvalue weighted by atomic mass is 10.4. The molecule has 0 saturated carbocycles. The molecule has 0 aliphatic carbocycles. The predicted molar refractivity (Wildman–Crippen MR) is 87.4 cm³/mol. The fourth-order valence-electron chi connectivity index (χ4n) is 2.54. The highest BCUT2D eigenvalue weighted by molar-refractivity contribution is 7.99. The normalized spacial score (nSPS) is 14.9. The van der Waals surface area contributed by atoms with Gasteiger partial charge in [-0.1, -0.05) is 11.8 Å². The summed E-state index contributed by atoms with van der Waals surface area (Å²) in [4.78, 5) is 26.0. The van der Waals surface area contributed by atoms with Gasteiger partial charge in [0, 0.05) is 13.2 Å². The van der Waals surface area contributed by atoms with Crippen molar-refractivity contribution in [2.45, 2.75) is 24.6 Å². The molecule has 0 bridgehead atoms. The van der Waals surface area contributed by atoms with Crippen LogP contribution in [0, 0.1) is 0 Å². The molecule has 1 N–H and O–H groups in total. The molecular formula is C15H19N5O3S. The first kappa shape index (κ1) is 16.7. The summed E-state index contributed by atoms with van der Waals surface area (Å²) >= 11 is 1.12. The van der Waals surface area contributed by atoms with E-state index in [1.807, 2.05) is 0 Å². The van der Waals surface area contributed by atoms with Gasteiger partial charge in [0.25, 0.3) is 11.1 Å². The summed E-state index contributed by atoms with van der Waals surface area (Å²) in [6, 6.07) is 3.40. The number of carbonyl (C=O) groups is 2. The highest BCUT2D eigenvalue weighted by atomic mass is 32.2. The molecule has 1 saturated heterocycles. The third kappa shape index (κ3) is 4.24. The lowest BCUT2D eigenvalue weighted by molar-refractivity contribution is -0.117. The summed E-state index contributed by atoms with van der Waals surface area (Å²) in [5.74, 6) is -0.222. The Kier molecular flexibility index (Phi) is 5.31. The highest BCUT2D eigenvalue weighted by Crippen LogP contribution is 2.18. The van der Waals surface area contributed by atoms with Crippen LogP contribution in [0.5, 0.6) is 0 Å². The average molecular weight is 349 g/mol. The highest BCUT2D eigenvalue weighted by Gasteiger charge is 2.17. The fraction of sp³-hybridized carbons (Fsp3) is 0.467. The van der Waals surface area contributed by atoms with Gasteiger partial charge in [0.2, 0.25) is 11.8 Å². The number of aryl methyl sites for hydroxylation is 1. The molecule has 3 rings (SSSR count). The maximum absolute atomic E-state index is 11.9. The van der Waals surface area contributed by atoms with Crippen molar-refractivity contribution in [2.24, 2.45) is 7.05 Å². The third-order valence-electron chi connectivity index (χ3n) is 3.76. The van der Waals surface area contributed by atoms with E-state index < -0.39 is 11.8 Å². The van der Waals surface area contributed by atoms with Gasteiger partial charge < -0.3 is 8.98 Å². The van der Waals surface area contributed by atoms with Crippen LogP contribution in [0.2, 0.25) is 0 Å². The molecule has 2 aromatic rings. The molecule has 8 nitrogen and oxygen atoms in total. The van der Waals surface area contributed by atoms with Crippen LogP contribution < -0.4 is 5.32 Å². The molecule has 1 aliphatic heterocycles. The Balaban J connectivity index is 1.45. The average Bonchev–Trinajstić information content (AvgIpc) is 3.28. The van der Waals surface area contributed by atoms with Crippen molar-refractivity contribution in [2.75, 3.05) is 18.8 Å². The van der Waals surface area contributed by atoms with Crippen LogP contribution in [0.15, 0.2) is 28.0 Å². The number of rotatable bonds is 6. The number of carbonyl (C=O) groups excluding carboxylic acids is 2. The molecule has 24 heavy (non-hydrogen) atoms. The lowest BCUT2D eigenvalue weighted by Gasteiger charge is -2.10. The second-order valence-corrected chi connectivity index (χ2v) is 6.54. The summed E-state index contributed by atoms with van der Waals surface area (Å²) in [5, 5.41) is 10.6. The van der Waals surface area contributed by atoms with Crippen molar-refractivity contribution in [3.8, 4) is 0 Å². The Hall–Kier alpha value is -2.13. The molecular weight excluding hydrogens is 330 g/mol. The van der Waals surface area contributed by atoms with Gasteiger partial charge in [-0.05, 0) is 38.1 Å². The van der Waals surface area contributed by atoms with Gasteiger partial charge in [-0.15, -0.1) is 10.2 Å². The standard InChI is InChI=1S/C15H19N5O3S/c1-19-6-4-5-11(19)14(22)16-12(21)10-24-15-18-17-13(23-15)9-20-7-2-3-8-20/h4-6H,2-3,7-10H2,1H3,(H,16,21,22). The fourth-order valence-corrected chi connectivity index (χ4v) is 3.12. The molecule has 1 aliphatic rings. The molecule has 0 aromatic carbocycles. The number of hydrogen-bond donors (Lipinski definition) is 1. The van der Waals surface area contributed by atoms with Gasteiger partial charge in [0.05, 0.1) is 12.3 Å². The van der Waals surface area contributed by atoms with Gasteiger partial charge in [0.1, 0.15) is 5.69 Å². The van der Waals surface area contributed by atoms with Crippen molar-refractivity contribution in [3.05, 3.63) is 29.9 Å². The molecule has 1 fully saturated rings. The molecule has 0 spiro atoms. The number of thioether (sulfide) groups is 1. The van der Waals surface area contributed by atoms with Gasteiger partial charge >= 0.3 is 0 Å². The molecule has 3 heterocycles. The zero-order valence-electron chi connectivity index (χ0n) is 13.4. The monoisotopic (exact) mass is 349 g/mol. The van der Waals surface area contributed by atoms with E-state index in [2.05, 4.69) is 20.4 Å². The van der Waals surface area contributed by atoms with Gasteiger partial charge in [0.15, 0.2) is 0 Å². The Morgan fingerprint density at radius 3 is 2.83 bits per heavy atom. The largest absolute Gasteiger partial charge is 0.415 e. The van der Waals surface area contributed by atoms with Gasteiger partial charge in [-0.2, -0.15) is 0 Å². The van der Waals surface area contributed by atoms with Crippen molar-refractivity contribution in [1.29, 1.82) is 0 Å². The van der Waals surface area contributed by atoms with Crippen LogP contribution in [-0.2, 0) is 18.4 Å². The van der Waals surface area contributed by atoms with E-state index in [0.717, 1.165) is 24.9 Å². The Labute approximate surface area is 143 Å². The number of amides is 2. The summed E-state index contributed by atoms with van der Waals surface area (Å²) in [5.41, 5.74) is 0.430. The maximum atomic E-state index is 11.9. The first-order valence-electron chi connectivity index (χ1n) is 7.75. The van der Waals surface area contributed by atoms with Crippen molar-refractivity contribution in [3.63, 3.8) is 0 Å². The molecule has 0 atom stereocenters. The third-order valence-corrected chi connectivity index (χ3v) is 4.58. The molecule has 9 heteroatoms. The minimum atomic E-state index is -0.423. The number of likely N-dealkylation sites (tertiary alicyclic amines) is 1. The quantitative estimate of drug-likeness (QED) is 0.779. The zero-order valence-corrected chi connectivity index (χ0v) is 14.2. The smallest absolute Gasteiger partial charge is 0.277 e. The van der Waals surface area contributed by atoms with E-state index >= 15 is 0 Å². The lowest BCUT2D eigenvalue weighted by Crippen LogP contribution is -2.32. The number of hydrogen-bond acceptors (Lipinski definition) is 7. The Morgan fingerprint density at radius 1 is 1.33 bits per heavy atom. The molecule has 2 aromatic heterocycles. The van der Waals surface area contributed by atoms with Crippen molar-refractivity contribution < 1.29 is 14.0 Å². The van der Waals surface area contributed by atoms with Crippen LogP contribution in [0.25, 0.3) is 0 Å². The Bertz CT molecular complexity index is 720. The van der Waals surface area contributed by atoms with E-state index in [9.17, 15) is 9.59 Å². The van der Waals surface area contributed by atoms with Crippen molar-refractivity contribution >= 4 is 23.6 Å². The number of nitrogens with zero attached hydrogens (tertiary/aromatic N) is 4. The first-order valence-corrected chi connectivity index (χ1v) is 8.73. The molecule has 128 valence electrons. The van der Waals surface area contributed by atoms with E-state index in [1.54, 1.807) is 29.9 Å². The van der Waals surface area contributed by atoms with E-state index in [0.29, 0.717) is 23.4 Å². The number of nitrogens with one attached hydrogen (secondary N) is 1. The molecule has 0 unspecified atom stereocenters. The summed E-state index contributed by atoms with van der Waals surface area (Å²) < 4.78 is 7.17. The van der Waals surface area contributed by atoms with Crippen LogP contribution in [0.3, 0.4) is 0 Å². The van der Waals surface area contributed by atoms with Crippen LogP contribution >= 0.6 is 11.8 Å². The zero-order chi connectivity index (χ0) is 16.9. The second kappa shape index (κ2) is 7.63.